The zero-order valence-corrected chi connectivity index (χ0v) is 21.4. The molecule has 0 radical (unpaired) electrons. The Balaban J connectivity index is 1.78. The molecular weight excluding hydrogens is 464 g/mol. The Bertz CT molecular complexity index is 1030. The van der Waals surface area contributed by atoms with E-state index < -0.39 is 10.0 Å². The predicted molar refractivity (Wildman–Crippen MR) is 133 cm³/mol. The largest absolute Gasteiger partial charge is 0.495 e. The van der Waals surface area contributed by atoms with Gasteiger partial charge in [-0.1, -0.05) is 44.5 Å². The van der Waals surface area contributed by atoms with Gasteiger partial charge in [-0.3, -0.25) is 9.10 Å². The summed E-state index contributed by atoms with van der Waals surface area (Å²) in [6.45, 7) is 7.33. The number of carbonyl (C=O) groups excluding carboxylic acids is 1. The third kappa shape index (κ3) is 8.44. The Morgan fingerprint density at radius 2 is 1.79 bits per heavy atom. The van der Waals surface area contributed by atoms with Crippen molar-refractivity contribution in [1.82, 2.24) is 5.32 Å². The number of sulfonamides is 1. The smallest absolute Gasteiger partial charge is 0.232 e. The van der Waals surface area contributed by atoms with Crippen LogP contribution in [0.4, 0.5) is 5.69 Å². The molecule has 1 N–H and O–H groups in total. The molecule has 0 aliphatic carbocycles. The van der Waals surface area contributed by atoms with E-state index in [-0.39, 0.29) is 24.3 Å². The number of halogens is 1. The molecule has 2 aromatic carbocycles. The van der Waals surface area contributed by atoms with Crippen molar-refractivity contribution in [1.29, 1.82) is 0 Å². The van der Waals surface area contributed by atoms with Crippen LogP contribution in [-0.4, -0.2) is 47.4 Å². The number of nitrogens with one attached hydrogen (secondary N) is 1. The fraction of sp³-hybridized carbons (Fsp3) is 0.458. The third-order valence-corrected chi connectivity index (χ3v) is 6.49. The minimum Gasteiger partial charge on any atom is -0.495 e. The molecular formula is C24H33ClN2O5S. The second-order valence-electron chi connectivity index (χ2n) is 8.73. The number of methoxy groups -OCH3 is 1. The average Bonchev–Trinajstić information content (AvgIpc) is 2.73. The summed E-state index contributed by atoms with van der Waals surface area (Å²) in [5.74, 6) is 1.04. The second-order valence-corrected chi connectivity index (χ2v) is 11.0. The van der Waals surface area contributed by atoms with Gasteiger partial charge in [0.15, 0.2) is 0 Å². The predicted octanol–water partition coefficient (Wildman–Crippen LogP) is 4.39. The molecule has 2 aromatic rings. The van der Waals surface area contributed by atoms with Gasteiger partial charge in [0.25, 0.3) is 0 Å². The van der Waals surface area contributed by atoms with E-state index in [4.69, 9.17) is 21.1 Å². The van der Waals surface area contributed by atoms with Crippen molar-refractivity contribution in [3.05, 3.63) is 53.1 Å². The van der Waals surface area contributed by atoms with Crippen molar-refractivity contribution in [2.45, 2.75) is 39.0 Å². The van der Waals surface area contributed by atoms with E-state index in [0.29, 0.717) is 36.0 Å². The Morgan fingerprint density at radius 3 is 2.33 bits per heavy atom. The van der Waals surface area contributed by atoms with Crippen LogP contribution >= 0.6 is 11.6 Å². The molecule has 0 aromatic heterocycles. The van der Waals surface area contributed by atoms with Crippen LogP contribution in [0.3, 0.4) is 0 Å². The first-order chi connectivity index (χ1) is 15.4. The fourth-order valence-corrected chi connectivity index (χ4v) is 4.39. The molecule has 0 fully saturated rings. The van der Waals surface area contributed by atoms with Gasteiger partial charge in [-0.25, -0.2) is 8.42 Å². The standard InChI is InChI=1S/C24H33ClN2O5S/c1-24(2,3)18-8-11-20(12-9-18)32-16-14-26-23(28)7-6-15-27(33(5,29)30)19-10-13-22(31-4)21(25)17-19/h8-13,17H,6-7,14-16H2,1-5H3,(H,26,28). The molecule has 7 nitrogen and oxygen atoms in total. The summed E-state index contributed by atoms with van der Waals surface area (Å²) in [5.41, 5.74) is 1.73. The van der Waals surface area contributed by atoms with E-state index in [9.17, 15) is 13.2 Å². The maximum Gasteiger partial charge on any atom is 0.232 e. The van der Waals surface area contributed by atoms with Crippen molar-refractivity contribution in [2.24, 2.45) is 0 Å². The summed E-state index contributed by atoms with van der Waals surface area (Å²) < 4.78 is 36.5. The molecule has 0 saturated heterocycles. The van der Waals surface area contributed by atoms with E-state index in [1.165, 1.54) is 23.0 Å². The maximum atomic E-state index is 12.2. The minimum absolute atomic E-state index is 0.0822. The summed E-state index contributed by atoms with van der Waals surface area (Å²) in [6, 6.07) is 12.7. The highest BCUT2D eigenvalue weighted by Gasteiger charge is 2.19. The maximum absolute atomic E-state index is 12.2. The van der Waals surface area contributed by atoms with Gasteiger partial charge < -0.3 is 14.8 Å². The van der Waals surface area contributed by atoms with Crippen molar-refractivity contribution in [3.8, 4) is 11.5 Å². The van der Waals surface area contributed by atoms with Gasteiger partial charge in [0.1, 0.15) is 18.1 Å². The van der Waals surface area contributed by atoms with Crippen LogP contribution in [0.2, 0.25) is 5.02 Å². The topological polar surface area (TPSA) is 84.9 Å². The summed E-state index contributed by atoms with van der Waals surface area (Å²) in [7, 11) is -2.05. The number of anilines is 1. The van der Waals surface area contributed by atoms with Crippen LogP contribution in [0.1, 0.15) is 39.2 Å². The lowest BCUT2D eigenvalue weighted by Gasteiger charge is -2.23. The quantitative estimate of drug-likeness (QED) is 0.466. The van der Waals surface area contributed by atoms with Gasteiger partial charge in [-0.15, -0.1) is 0 Å². The van der Waals surface area contributed by atoms with Crippen LogP contribution in [0, 0.1) is 0 Å². The Hall–Kier alpha value is -2.45. The summed E-state index contributed by atoms with van der Waals surface area (Å²) in [4.78, 5) is 12.1. The average molecular weight is 497 g/mol. The van der Waals surface area contributed by atoms with E-state index >= 15 is 0 Å². The number of hydrogen-bond acceptors (Lipinski definition) is 5. The van der Waals surface area contributed by atoms with Crippen LogP contribution in [0.25, 0.3) is 0 Å². The van der Waals surface area contributed by atoms with E-state index in [2.05, 4.69) is 26.1 Å². The second kappa shape index (κ2) is 11.6. The van der Waals surface area contributed by atoms with Crippen molar-refractivity contribution in [2.75, 3.05) is 37.4 Å². The molecule has 0 bridgehead atoms. The third-order valence-electron chi connectivity index (χ3n) is 5.00. The number of nitrogens with zero attached hydrogens (tertiary/aromatic N) is 1. The molecule has 2 rings (SSSR count). The lowest BCUT2D eigenvalue weighted by molar-refractivity contribution is -0.121. The SMILES string of the molecule is COc1ccc(N(CCCC(=O)NCCOc2ccc(C(C)(C)C)cc2)S(C)(=O)=O)cc1Cl. The summed E-state index contributed by atoms with van der Waals surface area (Å²) >= 11 is 6.13. The molecule has 0 spiro atoms. The van der Waals surface area contributed by atoms with E-state index in [1.54, 1.807) is 12.1 Å². The minimum atomic E-state index is -3.53. The number of carbonyl (C=O) groups is 1. The zero-order valence-electron chi connectivity index (χ0n) is 19.9. The Morgan fingerprint density at radius 1 is 1.12 bits per heavy atom. The van der Waals surface area contributed by atoms with Crippen LogP contribution in [-0.2, 0) is 20.2 Å². The molecule has 0 aliphatic rings. The zero-order chi connectivity index (χ0) is 24.6. The first kappa shape index (κ1) is 26.8. The molecule has 0 heterocycles. The number of rotatable bonds is 11. The summed E-state index contributed by atoms with van der Waals surface area (Å²) in [5, 5.41) is 3.11. The van der Waals surface area contributed by atoms with Gasteiger partial charge in [0.2, 0.25) is 15.9 Å². The van der Waals surface area contributed by atoms with Crippen LogP contribution in [0.15, 0.2) is 42.5 Å². The lowest BCUT2D eigenvalue weighted by atomic mass is 9.87. The highest BCUT2D eigenvalue weighted by molar-refractivity contribution is 7.92. The molecule has 9 heteroatoms. The van der Waals surface area contributed by atoms with Crippen molar-refractivity contribution in [3.63, 3.8) is 0 Å². The van der Waals surface area contributed by atoms with Gasteiger partial charge in [-0.05, 0) is 47.7 Å². The monoisotopic (exact) mass is 496 g/mol. The molecule has 0 unspecified atom stereocenters. The molecule has 0 saturated carbocycles. The van der Waals surface area contributed by atoms with Crippen molar-refractivity contribution < 1.29 is 22.7 Å². The number of ether oxygens (including phenoxy) is 2. The van der Waals surface area contributed by atoms with E-state index in [1.807, 2.05) is 24.3 Å². The molecule has 1 amide bonds. The molecule has 33 heavy (non-hydrogen) atoms. The van der Waals surface area contributed by atoms with Gasteiger partial charge in [0.05, 0.1) is 30.6 Å². The molecule has 182 valence electrons. The normalized spacial score (nSPS) is 11.7. The fourth-order valence-electron chi connectivity index (χ4n) is 3.18. The number of benzene rings is 2. The number of hydrogen-bond donors (Lipinski definition) is 1. The van der Waals surface area contributed by atoms with E-state index in [0.717, 1.165) is 12.0 Å². The lowest BCUT2D eigenvalue weighted by Crippen LogP contribution is -2.33. The molecule has 0 aliphatic heterocycles. The first-order valence-electron chi connectivity index (χ1n) is 10.7. The first-order valence-corrected chi connectivity index (χ1v) is 13.0. The van der Waals surface area contributed by atoms with Gasteiger partial charge in [-0.2, -0.15) is 0 Å². The van der Waals surface area contributed by atoms with Crippen molar-refractivity contribution >= 4 is 33.2 Å². The number of amides is 1. The molecule has 0 atom stereocenters. The Labute approximate surface area is 202 Å². The van der Waals surface area contributed by atoms with Crippen LogP contribution < -0.4 is 19.1 Å². The van der Waals surface area contributed by atoms with Crippen LogP contribution in [0.5, 0.6) is 11.5 Å². The van der Waals surface area contributed by atoms with Gasteiger partial charge >= 0.3 is 0 Å². The highest BCUT2D eigenvalue weighted by Crippen LogP contribution is 2.30. The van der Waals surface area contributed by atoms with Gasteiger partial charge in [0, 0.05) is 13.0 Å². The highest BCUT2D eigenvalue weighted by atomic mass is 35.5. The summed E-state index contributed by atoms with van der Waals surface area (Å²) in [6.07, 6.45) is 1.67. The Kier molecular flexibility index (Phi) is 9.43.